The first-order valence-corrected chi connectivity index (χ1v) is 8.01. The molecule has 116 valence electrons. The van der Waals surface area contributed by atoms with Gasteiger partial charge in [0.05, 0.1) is 16.4 Å². The summed E-state index contributed by atoms with van der Waals surface area (Å²) >= 11 is 6.19. The lowest BCUT2D eigenvalue weighted by atomic mass is 9.97. The first kappa shape index (κ1) is 14.3. The monoisotopic (exact) mass is 324 g/mol. The number of aryl methyl sites for hydroxylation is 3. The molecule has 4 rings (SSSR count). The molecule has 2 heterocycles. The van der Waals surface area contributed by atoms with Crippen molar-refractivity contribution in [2.45, 2.75) is 27.7 Å². The van der Waals surface area contributed by atoms with Gasteiger partial charge >= 0.3 is 0 Å². The van der Waals surface area contributed by atoms with Crippen LogP contribution in [0.25, 0.3) is 32.7 Å². The van der Waals surface area contributed by atoms with Gasteiger partial charge in [-0.15, -0.1) is 0 Å². The predicted octanol–water partition coefficient (Wildman–Crippen LogP) is 5.05. The zero-order valence-electron chi connectivity index (χ0n) is 13.5. The number of rotatable bonds is 0. The third-order valence-electron chi connectivity index (χ3n) is 4.95. The van der Waals surface area contributed by atoms with E-state index in [2.05, 4.69) is 16.9 Å². The van der Waals surface area contributed by atoms with E-state index in [1.807, 2.05) is 39.0 Å². The van der Waals surface area contributed by atoms with Crippen molar-refractivity contribution in [2.24, 2.45) is 0 Å². The van der Waals surface area contributed by atoms with Crippen molar-refractivity contribution in [1.29, 1.82) is 0 Å². The highest BCUT2D eigenvalue weighted by molar-refractivity contribution is 6.32. The maximum atomic E-state index is 12.8. The highest BCUT2D eigenvalue weighted by atomic mass is 35.5. The van der Waals surface area contributed by atoms with Crippen molar-refractivity contribution in [1.82, 2.24) is 9.97 Å². The van der Waals surface area contributed by atoms with Gasteiger partial charge in [-0.25, -0.2) is 0 Å². The highest BCUT2D eigenvalue weighted by Gasteiger charge is 2.17. The molecule has 2 aromatic heterocycles. The summed E-state index contributed by atoms with van der Waals surface area (Å²) in [5.41, 5.74) is 6.83. The summed E-state index contributed by atoms with van der Waals surface area (Å²) < 4.78 is 0. The number of H-pyrrole nitrogens is 2. The molecule has 0 bridgehead atoms. The van der Waals surface area contributed by atoms with Gasteiger partial charge in [-0.1, -0.05) is 11.6 Å². The second kappa shape index (κ2) is 4.62. The topological polar surface area (TPSA) is 48.6 Å². The fourth-order valence-corrected chi connectivity index (χ4v) is 3.71. The average molecular weight is 325 g/mol. The molecule has 2 N–H and O–H groups in total. The molecule has 3 nitrogen and oxygen atoms in total. The van der Waals surface area contributed by atoms with Crippen LogP contribution in [0.2, 0.25) is 5.02 Å². The number of hydrogen-bond acceptors (Lipinski definition) is 1. The van der Waals surface area contributed by atoms with Gasteiger partial charge in [-0.05, 0) is 57.0 Å². The summed E-state index contributed by atoms with van der Waals surface area (Å²) in [6.07, 6.45) is 0. The van der Waals surface area contributed by atoms with Gasteiger partial charge in [0.1, 0.15) is 0 Å². The van der Waals surface area contributed by atoms with Gasteiger partial charge in [0, 0.05) is 32.6 Å². The van der Waals surface area contributed by atoms with Crippen LogP contribution in [-0.4, -0.2) is 9.97 Å². The van der Waals surface area contributed by atoms with E-state index in [9.17, 15) is 4.79 Å². The van der Waals surface area contributed by atoms with Crippen LogP contribution >= 0.6 is 11.6 Å². The molecule has 0 aliphatic carbocycles. The predicted molar refractivity (Wildman–Crippen MR) is 97.9 cm³/mol. The summed E-state index contributed by atoms with van der Waals surface area (Å²) in [5.74, 6) is 0. The van der Waals surface area contributed by atoms with Gasteiger partial charge in [0.25, 0.3) is 0 Å². The smallest absolute Gasteiger partial charge is 0.192 e. The van der Waals surface area contributed by atoms with Crippen molar-refractivity contribution >= 4 is 44.3 Å². The standard InChI is InChI=1S/C19H17ClN2O/c1-8-11(4)21-18-9(2)15-13-7-12(20)5-6-14(13)22-17(15)10(3)16(18)19(8)23/h5-7,22H,1-4H3,(H,21,23). The number of fused-ring (bicyclic) bond motifs is 4. The molecule has 0 atom stereocenters. The second-order valence-corrected chi connectivity index (χ2v) is 6.71. The van der Waals surface area contributed by atoms with Crippen LogP contribution in [-0.2, 0) is 0 Å². The Balaban J connectivity index is 2.38. The van der Waals surface area contributed by atoms with Crippen molar-refractivity contribution in [2.75, 3.05) is 0 Å². The summed E-state index contributed by atoms with van der Waals surface area (Å²) in [4.78, 5) is 19.7. The third kappa shape index (κ3) is 1.80. The van der Waals surface area contributed by atoms with Crippen LogP contribution in [0.4, 0.5) is 0 Å². The van der Waals surface area contributed by atoms with E-state index >= 15 is 0 Å². The van der Waals surface area contributed by atoms with Gasteiger partial charge in [-0.2, -0.15) is 0 Å². The van der Waals surface area contributed by atoms with E-state index in [4.69, 9.17) is 11.6 Å². The summed E-state index contributed by atoms with van der Waals surface area (Å²) in [6, 6.07) is 5.84. The Kier molecular flexibility index (Phi) is 2.88. The molecule has 0 saturated carbocycles. The lowest BCUT2D eigenvalue weighted by molar-refractivity contribution is 1.17. The Labute approximate surface area is 138 Å². The first-order valence-electron chi connectivity index (χ1n) is 7.63. The molecular weight excluding hydrogens is 308 g/mol. The SMILES string of the molecule is Cc1[nH]c2c(C)c3c([nH]c4ccc(Cl)cc43)c(C)c2c(=O)c1C. The molecule has 0 saturated heterocycles. The number of aromatic nitrogens is 2. The highest BCUT2D eigenvalue weighted by Crippen LogP contribution is 2.36. The van der Waals surface area contributed by atoms with Crippen LogP contribution in [0.3, 0.4) is 0 Å². The van der Waals surface area contributed by atoms with E-state index in [-0.39, 0.29) is 5.43 Å². The quantitative estimate of drug-likeness (QED) is 0.467. The van der Waals surface area contributed by atoms with Gasteiger partial charge in [0.2, 0.25) is 0 Å². The third-order valence-corrected chi connectivity index (χ3v) is 5.19. The van der Waals surface area contributed by atoms with Crippen molar-refractivity contribution < 1.29 is 0 Å². The van der Waals surface area contributed by atoms with Gasteiger partial charge < -0.3 is 9.97 Å². The zero-order valence-corrected chi connectivity index (χ0v) is 14.3. The van der Waals surface area contributed by atoms with E-state index in [1.165, 1.54) is 0 Å². The number of aromatic amines is 2. The van der Waals surface area contributed by atoms with E-state index in [0.717, 1.165) is 55.1 Å². The minimum Gasteiger partial charge on any atom is -0.358 e. The Morgan fingerprint density at radius 1 is 0.870 bits per heavy atom. The Morgan fingerprint density at radius 2 is 1.52 bits per heavy atom. The van der Waals surface area contributed by atoms with Crippen LogP contribution in [0.15, 0.2) is 23.0 Å². The Morgan fingerprint density at radius 3 is 2.26 bits per heavy atom. The van der Waals surface area contributed by atoms with Gasteiger partial charge in [0.15, 0.2) is 5.43 Å². The summed E-state index contributed by atoms with van der Waals surface area (Å²) in [6.45, 7) is 7.88. The summed E-state index contributed by atoms with van der Waals surface area (Å²) in [7, 11) is 0. The maximum absolute atomic E-state index is 12.8. The number of benzene rings is 2. The normalized spacial score (nSPS) is 11.9. The largest absolute Gasteiger partial charge is 0.358 e. The molecule has 4 heteroatoms. The van der Waals surface area contributed by atoms with Crippen molar-refractivity contribution in [3.05, 3.63) is 55.8 Å². The van der Waals surface area contributed by atoms with Crippen LogP contribution in [0.5, 0.6) is 0 Å². The number of halogens is 1. The van der Waals surface area contributed by atoms with E-state index in [1.54, 1.807) is 0 Å². The van der Waals surface area contributed by atoms with Crippen molar-refractivity contribution in [3.63, 3.8) is 0 Å². The molecule has 0 amide bonds. The molecule has 0 aliphatic heterocycles. The zero-order chi connectivity index (χ0) is 16.5. The molecule has 4 aromatic rings. The number of pyridine rings is 1. The molecular formula is C19H17ClN2O. The molecule has 0 aliphatic rings. The Bertz CT molecular complexity index is 1180. The van der Waals surface area contributed by atoms with Crippen molar-refractivity contribution in [3.8, 4) is 0 Å². The lowest BCUT2D eigenvalue weighted by Gasteiger charge is -2.11. The van der Waals surface area contributed by atoms with Crippen LogP contribution < -0.4 is 5.43 Å². The fourth-order valence-electron chi connectivity index (χ4n) is 3.54. The van der Waals surface area contributed by atoms with E-state index in [0.29, 0.717) is 5.02 Å². The second-order valence-electron chi connectivity index (χ2n) is 6.27. The molecule has 0 unspecified atom stereocenters. The molecule has 0 radical (unpaired) electrons. The van der Waals surface area contributed by atoms with Gasteiger partial charge in [-0.3, -0.25) is 4.79 Å². The van der Waals surface area contributed by atoms with Crippen LogP contribution in [0, 0.1) is 27.7 Å². The minimum absolute atomic E-state index is 0.107. The maximum Gasteiger partial charge on any atom is 0.192 e. The van der Waals surface area contributed by atoms with Crippen LogP contribution in [0.1, 0.15) is 22.4 Å². The van der Waals surface area contributed by atoms with E-state index < -0.39 is 0 Å². The summed E-state index contributed by atoms with van der Waals surface area (Å²) in [5, 5.41) is 3.71. The molecule has 0 fully saturated rings. The fraction of sp³-hybridized carbons (Fsp3) is 0.211. The number of nitrogens with one attached hydrogen (secondary N) is 2. The first-order chi connectivity index (χ1) is 10.9. The average Bonchev–Trinajstić information content (AvgIpc) is 2.89. The molecule has 2 aromatic carbocycles. The lowest BCUT2D eigenvalue weighted by Crippen LogP contribution is -2.12. The Hall–Kier alpha value is -2.26. The minimum atomic E-state index is 0.107. The number of hydrogen-bond donors (Lipinski definition) is 2. The molecule has 23 heavy (non-hydrogen) atoms. The molecule has 0 spiro atoms.